The number of rotatable bonds is 5. The molecule has 2 aromatic rings. The van der Waals surface area contributed by atoms with Crippen LogP contribution in [-0.4, -0.2) is 31.6 Å². The van der Waals surface area contributed by atoms with Crippen molar-refractivity contribution in [2.45, 2.75) is 48.7 Å². The van der Waals surface area contributed by atoms with Crippen molar-refractivity contribution in [3.63, 3.8) is 0 Å². The third kappa shape index (κ3) is 4.21. The fourth-order valence-electron chi connectivity index (χ4n) is 3.18. The van der Waals surface area contributed by atoms with Crippen molar-refractivity contribution >= 4 is 23.4 Å². The van der Waals surface area contributed by atoms with Crippen molar-refractivity contribution in [3.05, 3.63) is 40.2 Å². The lowest BCUT2D eigenvalue weighted by Crippen LogP contribution is -2.37. The second kappa shape index (κ2) is 7.86. The summed E-state index contributed by atoms with van der Waals surface area (Å²) in [7, 11) is 1.77. The largest absolute Gasteiger partial charge is 0.349 e. The Hall–Kier alpha value is -2.42. The number of aromatic nitrogens is 3. The lowest BCUT2D eigenvalue weighted by molar-refractivity contribution is -0.387. The van der Waals surface area contributed by atoms with E-state index in [4.69, 9.17) is 0 Å². The molecule has 0 radical (unpaired) electrons. The predicted octanol–water partition coefficient (Wildman–Crippen LogP) is 3.18. The maximum atomic E-state index is 12.5. The van der Waals surface area contributed by atoms with E-state index in [0.717, 1.165) is 31.0 Å². The van der Waals surface area contributed by atoms with Gasteiger partial charge in [0, 0.05) is 24.7 Å². The maximum absolute atomic E-state index is 12.5. The highest BCUT2D eigenvalue weighted by Gasteiger charge is 2.23. The Labute approximate surface area is 155 Å². The lowest BCUT2D eigenvalue weighted by atomic mass is 9.87. The average Bonchev–Trinajstić information content (AvgIpc) is 3.00. The number of nitro benzene ring substituents is 1. The molecule has 1 aliphatic carbocycles. The van der Waals surface area contributed by atoms with E-state index in [1.54, 1.807) is 23.7 Å². The van der Waals surface area contributed by atoms with Gasteiger partial charge in [-0.05, 0) is 42.7 Å². The summed E-state index contributed by atoms with van der Waals surface area (Å²) in [5.74, 6) is 0.330. The third-order valence-corrected chi connectivity index (χ3v) is 5.68. The minimum absolute atomic E-state index is 0.109. The second-order valence-corrected chi connectivity index (χ2v) is 7.72. The molecule has 8 nitrogen and oxygen atoms in total. The zero-order chi connectivity index (χ0) is 18.7. The Morgan fingerprint density at radius 1 is 1.42 bits per heavy atom. The van der Waals surface area contributed by atoms with E-state index in [2.05, 4.69) is 22.4 Å². The van der Waals surface area contributed by atoms with Gasteiger partial charge in [-0.1, -0.05) is 19.8 Å². The van der Waals surface area contributed by atoms with Gasteiger partial charge in [-0.15, -0.1) is 10.2 Å². The number of nitrogens with one attached hydrogen (secondary N) is 1. The van der Waals surface area contributed by atoms with E-state index in [-0.39, 0.29) is 17.6 Å². The number of amides is 1. The van der Waals surface area contributed by atoms with Crippen LogP contribution < -0.4 is 5.32 Å². The van der Waals surface area contributed by atoms with Crippen LogP contribution in [0.3, 0.4) is 0 Å². The van der Waals surface area contributed by atoms with Gasteiger partial charge in [0.15, 0.2) is 5.16 Å². The van der Waals surface area contributed by atoms with Gasteiger partial charge in [0.05, 0.1) is 9.82 Å². The first-order valence-corrected chi connectivity index (χ1v) is 9.37. The Balaban J connectivity index is 1.78. The Kier molecular flexibility index (Phi) is 5.55. The predicted molar refractivity (Wildman–Crippen MR) is 97.1 cm³/mol. The summed E-state index contributed by atoms with van der Waals surface area (Å²) in [4.78, 5) is 23.9. The molecule has 1 aromatic carbocycles. The van der Waals surface area contributed by atoms with Gasteiger partial charge in [0.25, 0.3) is 11.6 Å². The van der Waals surface area contributed by atoms with Crippen LogP contribution in [0.2, 0.25) is 0 Å². The summed E-state index contributed by atoms with van der Waals surface area (Å²) in [6, 6.07) is 4.68. The molecule has 0 saturated heterocycles. The van der Waals surface area contributed by atoms with Crippen molar-refractivity contribution in [1.29, 1.82) is 0 Å². The van der Waals surface area contributed by atoms with Crippen molar-refractivity contribution in [3.8, 4) is 0 Å². The van der Waals surface area contributed by atoms with Crippen molar-refractivity contribution < 1.29 is 9.72 Å². The SMILES string of the molecule is CC1CCCC(NC(=O)c2ccc(Sc3nncn3C)c([N+](=O)[O-])c2)C1. The highest BCUT2D eigenvalue weighted by Crippen LogP contribution is 2.34. The monoisotopic (exact) mass is 375 g/mol. The number of carbonyl (C=O) groups excluding carboxylic acids is 1. The van der Waals surface area contributed by atoms with Crippen LogP contribution in [0.25, 0.3) is 0 Å². The Bertz CT molecular complexity index is 822. The second-order valence-electron chi connectivity index (χ2n) is 6.71. The number of nitrogens with zero attached hydrogens (tertiary/aromatic N) is 4. The number of carbonyl (C=O) groups is 1. The number of nitro groups is 1. The molecule has 1 amide bonds. The molecule has 3 rings (SSSR count). The summed E-state index contributed by atoms with van der Waals surface area (Å²) < 4.78 is 1.68. The van der Waals surface area contributed by atoms with Gasteiger partial charge in [-0.2, -0.15) is 0 Å². The van der Waals surface area contributed by atoms with Gasteiger partial charge in [0.1, 0.15) is 6.33 Å². The number of aryl methyl sites for hydroxylation is 1. The first kappa shape index (κ1) is 18.4. The summed E-state index contributed by atoms with van der Waals surface area (Å²) in [6.45, 7) is 2.18. The number of benzene rings is 1. The fourth-order valence-corrected chi connectivity index (χ4v) is 4.03. The topological polar surface area (TPSA) is 103 Å². The van der Waals surface area contributed by atoms with Crippen LogP contribution >= 0.6 is 11.8 Å². The standard InChI is InChI=1S/C17H21N5O3S/c1-11-4-3-5-13(8-11)19-16(23)12-6-7-15(14(9-12)22(24)25)26-17-20-18-10-21(17)2/h6-7,9-11,13H,3-5,8H2,1-2H3,(H,19,23). The molecule has 138 valence electrons. The van der Waals surface area contributed by atoms with Crippen molar-refractivity contribution in [1.82, 2.24) is 20.1 Å². The lowest BCUT2D eigenvalue weighted by Gasteiger charge is -2.27. The van der Waals surface area contributed by atoms with Crippen LogP contribution in [0.5, 0.6) is 0 Å². The molecule has 26 heavy (non-hydrogen) atoms. The van der Waals surface area contributed by atoms with Gasteiger partial charge in [0.2, 0.25) is 0 Å². The van der Waals surface area contributed by atoms with E-state index in [1.807, 2.05) is 0 Å². The Morgan fingerprint density at radius 3 is 2.88 bits per heavy atom. The van der Waals surface area contributed by atoms with Crippen LogP contribution in [0.4, 0.5) is 5.69 Å². The maximum Gasteiger partial charge on any atom is 0.284 e. The van der Waals surface area contributed by atoms with E-state index >= 15 is 0 Å². The summed E-state index contributed by atoms with van der Waals surface area (Å²) in [5, 5.41) is 22.7. The number of hydrogen-bond acceptors (Lipinski definition) is 6. The molecule has 9 heteroatoms. The van der Waals surface area contributed by atoms with E-state index in [9.17, 15) is 14.9 Å². The third-order valence-electron chi connectivity index (χ3n) is 4.56. The number of hydrogen-bond donors (Lipinski definition) is 1. The van der Waals surface area contributed by atoms with Gasteiger partial charge in [-0.25, -0.2) is 0 Å². The molecule has 1 heterocycles. The molecule has 2 atom stereocenters. The zero-order valence-electron chi connectivity index (χ0n) is 14.7. The van der Waals surface area contributed by atoms with Crippen LogP contribution in [0.15, 0.2) is 34.6 Å². The smallest absolute Gasteiger partial charge is 0.284 e. The molecule has 1 aliphatic rings. The van der Waals surface area contributed by atoms with Crippen molar-refractivity contribution in [2.75, 3.05) is 0 Å². The highest BCUT2D eigenvalue weighted by atomic mass is 32.2. The van der Waals surface area contributed by atoms with E-state index in [0.29, 0.717) is 21.5 Å². The average molecular weight is 375 g/mol. The van der Waals surface area contributed by atoms with Crippen LogP contribution in [0.1, 0.15) is 43.0 Å². The first-order chi connectivity index (χ1) is 12.4. The van der Waals surface area contributed by atoms with E-state index in [1.165, 1.54) is 18.8 Å². The molecule has 0 aliphatic heterocycles. The quantitative estimate of drug-likeness (QED) is 0.636. The van der Waals surface area contributed by atoms with Crippen molar-refractivity contribution in [2.24, 2.45) is 13.0 Å². The Morgan fingerprint density at radius 2 is 2.23 bits per heavy atom. The normalized spacial score (nSPS) is 19.9. The molecular weight excluding hydrogens is 354 g/mol. The van der Waals surface area contributed by atoms with Crippen LogP contribution in [0, 0.1) is 16.0 Å². The molecule has 1 fully saturated rings. The van der Waals surface area contributed by atoms with Crippen LogP contribution in [-0.2, 0) is 7.05 Å². The molecule has 1 N–H and O–H groups in total. The summed E-state index contributed by atoms with van der Waals surface area (Å²) in [6.07, 6.45) is 5.72. The minimum atomic E-state index is -0.474. The summed E-state index contributed by atoms with van der Waals surface area (Å²) >= 11 is 1.15. The summed E-state index contributed by atoms with van der Waals surface area (Å²) in [5.41, 5.74) is 0.194. The minimum Gasteiger partial charge on any atom is -0.349 e. The molecule has 2 unspecified atom stereocenters. The molecular formula is C17H21N5O3S. The zero-order valence-corrected chi connectivity index (χ0v) is 15.5. The van der Waals surface area contributed by atoms with Gasteiger partial charge >= 0.3 is 0 Å². The molecule has 1 aromatic heterocycles. The van der Waals surface area contributed by atoms with Gasteiger partial charge in [-0.3, -0.25) is 14.9 Å². The first-order valence-electron chi connectivity index (χ1n) is 8.55. The van der Waals surface area contributed by atoms with Gasteiger partial charge < -0.3 is 9.88 Å². The fraction of sp³-hybridized carbons (Fsp3) is 0.471. The van der Waals surface area contributed by atoms with E-state index < -0.39 is 4.92 Å². The molecule has 1 saturated carbocycles. The molecule has 0 spiro atoms. The highest BCUT2D eigenvalue weighted by molar-refractivity contribution is 7.99. The molecule has 0 bridgehead atoms.